The number of benzene rings is 2. The summed E-state index contributed by atoms with van der Waals surface area (Å²) in [6.45, 7) is 1.98. The number of amides is 2. The highest BCUT2D eigenvalue weighted by Gasteiger charge is 2.35. The van der Waals surface area contributed by atoms with Gasteiger partial charge in [0.05, 0.1) is 19.2 Å². The minimum Gasteiger partial charge on any atom is -0.495 e. The van der Waals surface area contributed by atoms with E-state index >= 15 is 0 Å². The molecule has 1 fully saturated rings. The number of anilines is 1. The van der Waals surface area contributed by atoms with Gasteiger partial charge in [-0.3, -0.25) is 14.5 Å². The van der Waals surface area contributed by atoms with Gasteiger partial charge in [0.2, 0.25) is 11.8 Å². The Morgan fingerprint density at radius 2 is 1.85 bits per heavy atom. The highest BCUT2D eigenvalue weighted by atomic mass is 32.1. The standard InChI is InChI=1S/C28H32N2O3S/c1-20-13-14-25(33-2)24(17-20)30(26(31)18-21-15-16-34-19-21)27(22-9-5-3-6-10-22)28(32)29-23-11-7-4-8-12-23/h3,5-6,9-10,13-17,19,23,27H,4,7-8,11-12,18H2,1-2H3,(H,29,32)/t27-/m1/s1. The summed E-state index contributed by atoms with van der Waals surface area (Å²) >= 11 is 1.56. The monoisotopic (exact) mass is 476 g/mol. The summed E-state index contributed by atoms with van der Waals surface area (Å²) in [5.41, 5.74) is 3.31. The number of hydrogen-bond donors (Lipinski definition) is 1. The molecule has 178 valence electrons. The number of methoxy groups -OCH3 is 1. The molecule has 4 rings (SSSR count). The molecule has 1 aliphatic carbocycles. The minimum atomic E-state index is -0.801. The van der Waals surface area contributed by atoms with Crippen LogP contribution in [0.3, 0.4) is 0 Å². The molecule has 1 saturated carbocycles. The number of aryl methyl sites for hydroxylation is 1. The molecule has 0 radical (unpaired) electrons. The summed E-state index contributed by atoms with van der Waals surface area (Å²) < 4.78 is 5.66. The van der Waals surface area contributed by atoms with E-state index in [4.69, 9.17) is 4.74 Å². The van der Waals surface area contributed by atoms with Gasteiger partial charge in [-0.1, -0.05) is 55.7 Å². The quantitative estimate of drug-likeness (QED) is 0.445. The summed E-state index contributed by atoms with van der Waals surface area (Å²) in [4.78, 5) is 29.4. The maximum absolute atomic E-state index is 13.9. The third-order valence-electron chi connectivity index (χ3n) is 6.37. The first-order chi connectivity index (χ1) is 16.6. The van der Waals surface area contributed by atoms with Crippen LogP contribution in [0.25, 0.3) is 0 Å². The van der Waals surface area contributed by atoms with Crippen molar-refractivity contribution in [2.45, 2.75) is 57.5 Å². The largest absolute Gasteiger partial charge is 0.495 e. The normalized spacial score (nSPS) is 14.9. The van der Waals surface area contributed by atoms with Gasteiger partial charge in [0.1, 0.15) is 11.8 Å². The molecule has 0 aliphatic heterocycles. The molecule has 2 aromatic carbocycles. The van der Waals surface area contributed by atoms with Crippen molar-refractivity contribution in [3.05, 3.63) is 82.0 Å². The van der Waals surface area contributed by atoms with Gasteiger partial charge in [0.25, 0.3) is 0 Å². The SMILES string of the molecule is COc1ccc(C)cc1N(C(=O)Cc1ccsc1)[C@@H](C(=O)NC1CCCCC1)c1ccccc1. The number of thiophene rings is 1. The summed E-state index contributed by atoms with van der Waals surface area (Å²) in [6.07, 6.45) is 5.61. The average molecular weight is 477 g/mol. The Bertz CT molecular complexity index is 1090. The maximum Gasteiger partial charge on any atom is 0.248 e. The Kier molecular flexibility index (Phi) is 8.01. The van der Waals surface area contributed by atoms with Gasteiger partial charge in [-0.25, -0.2) is 0 Å². The van der Waals surface area contributed by atoms with E-state index in [0.29, 0.717) is 11.4 Å². The summed E-state index contributed by atoms with van der Waals surface area (Å²) in [6, 6.07) is 16.6. The number of nitrogens with zero attached hydrogens (tertiary/aromatic N) is 1. The van der Waals surface area contributed by atoms with Crippen molar-refractivity contribution >= 4 is 28.8 Å². The zero-order chi connectivity index (χ0) is 23.9. The van der Waals surface area contributed by atoms with Crippen molar-refractivity contribution in [2.24, 2.45) is 0 Å². The highest BCUT2D eigenvalue weighted by Crippen LogP contribution is 2.36. The molecule has 1 atom stereocenters. The van der Waals surface area contributed by atoms with Crippen LogP contribution in [0.4, 0.5) is 5.69 Å². The van der Waals surface area contributed by atoms with E-state index < -0.39 is 6.04 Å². The first-order valence-corrected chi connectivity index (χ1v) is 12.8. The lowest BCUT2D eigenvalue weighted by atomic mass is 9.94. The van der Waals surface area contributed by atoms with Gasteiger partial charge < -0.3 is 10.1 Å². The van der Waals surface area contributed by atoms with Crippen molar-refractivity contribution in [1.29, 1.82) is 0 Å². The second-order valence-electron chi connectivity index (χ2n) is 8.90. The van der Waals surface area contributed by atoms with Crippen LogP contribution < -0.4 is 15.0 Å². The predicted octanol–water partition coefficient (Wildman–Crippen LogP) is 5.83. The Morgan fingerprint density at radius 1 is 1.09 bits per heavy atom. The lowest BCUT2D eigenvalue weighted by molar-refractivity contribution is -0.127. The number of carbonyl (C=O) groups excluding carboxylic acids is 2. The number of carbonyl (C=O) groups is 2. The fraction of sp³-hybridized carbons (Fsp3) is 0.357. The molecular formula is C28H32N2O3S. The van der Waals surface area contributed by atoms with Gasteiger partial charge in [-0.05, 0) is 65.4 Å². The van der Waals surface area contributed by atoms with E-state index in [9.17, 15) is 9.59 Å². The molecule has 2 amide bonds. The fourth-order valence-corrected chi connectivity index (χ4v) is 5.31. The molecule has 6 heteroatoms. The van der Waals surface area contributed by atoms with E-state index in [1.54, 1.807) is 23.3 Å². The Labute approximate surface area is 205 Å². The number of hydrogen-bond acceptors (Lipinski definition) is 4. The van der Waals surface area contributed by atoms with Crippen LogP contribution in [0.2, 0.25) is 0 Å². The van der Waals surface area contributed by atoms with Crippen LogP contribution in [0.15, 0.2) is 65.4 Å². The number of rotatable bonds is 8. The number of ether oxygens (including phenoxy) is 1. The molecule has 1 aromatic heterocycles. The third-order valence-corrected chi connectivity index (χ3v) is 7.10. The maximum atomic E-state index is 13.9. The first-order valence-electron chi connectivity index (χ1n) is 11.9. The molecule has 0 saturated heterocycles. The molecule has 1 heterocycles. The molecule has 1 N–H and O–H groups in total. The van der Waals surface area contributed by atoms with Gasteiger partial charge in [-0.2, -0.15) is 11.3 Å². The zero-order valence-electron chi connectivity index (χ0n) is 19.8. The van der Waals surface area contributed by atoms with E-state index in [0.717, 1.165) is 42.4 Å². The number of nitrogens with one attached hydrogen (secondary N) is 1. The summed E-state index contributed by atoms with van der Waals surface area (Å²) in [5, 5.41) is 7.20. The van der Waals surface area contributed by atoms with E-state index in [2.05, 4.69) is 5.32 Å². The highest BCUT2D eigenvalue weighted by molar-refractivity contribution is 7.08. The Hall–Kier alpha value is -3.12. The van der Waals surface area contributed by atoms with Crippen molar-refractivity contribution in [2.75, 3.05) is 12.0 Å². The van der Waals surface area contributed by atoms with Crippen molar-refractivity contribution in [1.82, 2.24) is 5.32 Å². The van der Waals surface area contributed by atoms with E-state index in [-0.39, 0.29) is 24.3 Å². The molecule has 0 spiro atoms. The van der Waals surface area contributed by atoms with Gasteiger partial charge in [0, 0.05) is 6.04 Å². The van der Waals surface area contributed by atoms with Crippen LogP contribution in [0.1, 0.15) is 54.8 Å². The molecule has 3 aromatic rings. The second kappa shape index (κ2) is 11.3. The van der Waals surface area contributed by atoms with Gasteiger partial charge in [0.15, 0.2) is 0 Å². The first kappa shape index (κ1) is 24.0. The summed E-state index contributed by atoms with van der Waals surface area (Å²) in [7, 11) is 1.59. The molecular weight excluding hydrogens is 444 g/mol. The third kappa shape index (κ3) is 5.68. The zero-order valence-corrected chi connectivity index (χ0v) is 20.6. The lowest BCUT2D eigenvalue weighted by Crippen LogP contribution is -2.47. The van der Waals surface area contributed by atoms with Gasteiger partial charge in [-0.15, -0.1) is 0 Å². The van der Waals surface area contributed by atoms with Crippen molar-refractivity contribution in [3.63, 3.8) is 0 Å². The smallest absolute Gasteiger partial charge is 0.248 e. The summed E-state index contributed by atoms with van der Waals surface area (Å²) in [5.74, 6) is 0.269. The van der Waals surface area contributed by atoms with Crippen LogP contribution >= 0.6 is 11.3 Å². The predicted molar refractivity (Wildman–Crippen MR) is 137 cm³/mol. The van der Waals surface area contributed by atoms with Crippen LogP contribution in [0.5, 0.6) is 5.75 Å². The van der Waals surface area contributed by atoms with Crippen LogP contribution in [0, 0.1) is 6.92 Å². The van der Waals surface area contributed by atoms with E-state index in [1.165, 1.54) is 6.42 Å². The lowest BCUT2D eigenvalue weighted by Gasteiger charge is -2.34. The fourth-order valence-electron chi connectivity index (χ4n) is 4.64. The Morgan fingerprint density at radius 3 is 2.53 bits per heavy atom. The Balaban J connectivity index is 1.79. The van der Waals surface area contributed by atoms with E-state index in [1.807, 2.05) is 72.3 Å². The molecule has 0 unspecified atom stereocenters. The topological polar surface area (TPSA) is 58.6 Å². The van der Waals surface area contributed by atoms with Gasteiger partial charge >= 0.3 is 0 Å². The average Bonchev–Trinajstić information content (AvgIpc) is 3.36. The molecule has 1 aliphatic rings. The van der Waals surface area contributed by atoms with Crippen LogP contribution in [-0.4, -0.2) is 25.0 Å². The minimum absolute atomic E-state index is 0.140. The molecule has 0 bridgehead atoms. The second-order valence-corrected chi connectivity index (χ2v) is 9.68. The van der Waals surface area contributed by atoms with Crippen LogP contribution in [-0.2, 0) is 16.0 Å². The molecule has 34 heavy (non-hydrogen) atoms. The van der Waals surface area contributed by atoms with Crippen molar-refractivity contribution < 1.29 is 14.3 Å². The van der Waals surface area contributed by atoms with Crippen molar-refractivity contribution in [3.8, 4) is 5.75 Å². The molecule has 5 nitrogen and oxygen atoms in total.